The van der Waals surface area contributed by atoms with Crippen LogP contribution in [0.25, 0.3) is 16.7 Å². The first-order valence-corrected chi connectivity index (χ1v) is 13.9. The average Bonchev–Trinajstić information content (AvgIpc) is 2.93. The molecule has 1 atom stereocenters. The fourth-order valence-electron chi connectivity index (χ4n) is 5.23. The van der Waals surface area contributed by atoms with Gasteiger partial charge in [-0.2, -0.15) is 0 Å². The molecule has 3 aromatic rings. The second-order valence-electron chi connectivity index (χ2n) is 10.8. The van der Waals surface area contributed by atoms with E-state index in [-0.39, 0.29) is 11.2 Å². The lowest BCUT2D eigenvalue weighted by molar-refractivity contribution is 0.249. The molecule has 0 aliphatic rings. The van der Waals surface area contributed by atoms with Crippen LogP contribution in [-0.2, 0) is 6.42 Å². The zero-order valence-corrected chi connectivity index (χ0v) is 23.4. The maximum atomic E-state index is 14.8. The molecule has 0 heterocycles. The Morgan fingerprint density at radius 2 is 1.68 bits per heavy atom. The molecule has 0 aliphatic carbocycles. The molecule has 1 heteroatoms. The maximum absolute atomic E-state index is 14.8. The molecule has 3 aromatic carbocycles. The number of hydrogen-bond donors (Lipinski definition) is 0. The Labute approximate surface area is 230 Å². The maximum Gasteiger partial charge on any atom is 0.131 e. The van der Waals surface area contributed by atoms with Crippen molar-refractivity contribution in [3.63, 3.8) is 0 Å². The summed E-state index contributed by atoms with van der Waals surface area (Å²) in [5.41, 5.74) is 6.53. The summed E-state index contributed by atoms with van der Waals surface area (Å²) in [6, 6.07) is 24.5. The quantitative estimate of drug-likeness (QED) is 0.191. The average molecular weight is 507 g/mol. The van der Waals surface area contributed by atoms with E-state index in [2.05, 4.69) is 88.5 Å². The van der Waals surface area contributed by atoms with Crippen molar-refractivity contribution in [2.24, 2.45) is 5.41 Å². The fourth-order valence-corrected chi connectivity index (χ4v) is 5.23. The van der Waals surface area contributed by atoms with Crippen LogP contribution >= 0.6 is 0 Å². The normalized spacial score (nSPS) is 12.7. The van der Waals surface area contributed by atoms with Crippen LogP contribution in [0.3, 0.4) is 0 Å². The Morgan fingerprint density at radius 1 is 0.947 bits per heavy atom. The SMILES string of the molecule is C=C/C=C\C=C\CCC(=C)c1cc(CCC(C)(C)C(CCC)c2ccccc2)cc(-c2ccccc2F)c1. The Morgan fingerprint density at radius 3 is 2.39 bits per heavy atom. The number of benzene rings is 3. The second kappa shape index (κ2) is 14.5. The molecular formula is C37H43F. The molecule has 0 N–H and O–H groups in total. The number of hydrogen-bond acceptors (Lipinski definition) is 0. The summed E-state index contributed by atoms with van der Waals surface area (Å²) in [6.07, 6.45) is 15.9. The topological polar surface area (TPSA) is 0 Å². The van der Waals surface area contributed by atoms with Gasteiger partial charge in [-0.1, -0.05) is 131 Å². The lowest BCUT2D eigenvalue weighted by atomic mass is 9.69. The Bertz CT molecular complexity index is 1240. The Hall–Kier alpha value is -3.45. The molecule has 1 unspecified atom stereocenters. The molecule has 0 saturated carbocycles. The largest absolute Gasteiger partial charge is 0.206 e. The predicted molar refractivity (Wildman–Crippen MR) is 165 cm³/mol. The number of aryl methyl sites for hydroxylation is 1. The van der Waals surface area contributed by atoms with Gasteiger partial charge in [-0.05, 0) is 83.4 Å². The number of rotatable bonds is 14. The van der Waals surface area contributed by atoms with E-state index in [1.807, 2.05) is 30.4 Å². The van der Waals surface area contributed by atoms with Crippen LogP contribution in [0, 0.1) is 11.2 Å². The minimum absolute atomic E-state index is 0.131. The second-order valence-corrected chi connectivity index (χ2v) is 10.8. The standard InChI is InChI=1S/C37H43F/c1-6-8-9-10-11-13-19-29(3)32-26-30(27-33(28-32)34-22-16-17-23-36(34)38)24-25-37(4,5)35(18-7-2)31-20-14-12-15-21-31/h6,8-12,14-17,20-23,26-28,35H,1,3,7,13,18-19,24-25H2,2,4-5H3/b9-8-,11-10+. The first-order valence-electron chi connectivity index (χ1n) is 13.9. The highest BCUT2D eigenvalue weighted by Gasteiger charge is 2.29. The van der Waals surface area contributed by atoms with Crippen LogP contribution in [0.2, 0.25) is 0 Å². The molecular weight excluding hydrogens is 463 g/mol. The third kappa shape index (κ3) is 8.28. The van der Waals surface area contributed by atoms with Crippen molar-refractivity contribution in [1.29, 1.82) is 0 Å². The summed E-state index contributed by atoms with van der Waals surface area (Å²) in [4.78, 5) is 0. The van der Waals surface area contributed by atoms with E-state index in [1.54, 1.807) is 12.1 Å². The summed E-state index contributed by atoms with van der Waals surface area (Å²) in [5.74, 6) is 0.311. The highest BCUT2D eigenvalue weighted by atomic mass is 19.1. The highest BCUT2D eigenvalue weighted by molar-refractivity contribution is 5.73. The highest BCUT2D eigenvalue weighted by Crippen LogP contribution is 2.42. The molecule has 0 amide bonds. The lowest BCUT2D eigenvalue weighted by Crippen LogP contribution is -2.23. The van der Waals surface area contributed by atoms with Gasteiger partial charge in [0.1, 0.15) is 5.82 Å². The van der Waals surface area contributed by atoms with E-state index in [1.165, 1.54) is 23.6 Å². The molecule has 198 valence electrons. The van der Waals surface area contributed by atoms with Crippen molar-refractivity contribution in [2.75, 3.05) is 0 Å². The summed E-state index contributed by atoms with van der Waals surface area (Å²) in [6.45, 7) is 15.2. The van der Waals surface area contributed by atoms with Crippen LogP contribution in [0.15, 0.2) is 116 Å². The molecule has 0 aromatic heterocycles. The molecule has 0 spiro atoms. The monoisotopic (exact) mass is 506 g/mol. The van der Waals surface area contributed by atoms with Crippen LogP contribution in [0.4, 0.5) is 4.39 Å². The van der Waals surface area contributed by atoms with Crippen molar-refractivity contribution < 1.29 is 4.39 Å². The van der Waals surface area contributed by atoms with E-state index in [0.717, 1.165) is 48.8 Å². The third-order valence-corrected chi connectivity index (χ3v) is 7.47. The predicted octanol–water partition coefficient (Wildman–Crippen LogP) is 11.1. The van der Waals surface area contributed by atoms with Gasteiger partial charge in [0.15, 0.2) is 0 Å². The van der Waals surface area contributed by atoms with Gasteiger partial charge in [0.25, 0.3) is 0 Å². The zero-order valence-electron chi connectivity index (χ0n) is 23.4. The third-order valence-electron chi connectivity index (χ3n) is 7.47. The zero-order chi connectivity index (χ0) is 27.4. The summed E-state index contributed by atoms with van der Waals surface area (Å²) in [5, 5.41) is 0. The van der Waals surface area contributed by atoms with Crippen LogP contribution in [0.1, 0.15) is 75.5 Å². The van der Waals surface area contributed by atoms with Gasteiger partial charge in [0, 0.05) is 5.56 Å². The fraction of sp³-hybridized carbons (Fsp3) is 0.297. The molecule has 0 radical (unpaired) electrons. The van der Waals surface area contributed by atoms with Gasteiger partial charge in [0.2, 0.25) is 0 Å². The summed E-state index contributed by atoms with van der Waals surface area (Å²) >= 11 is 0. The molecule has 0 fully saturated rings. The number of halogens is 1. The van der Waals surface area contributed by atoms with Crippen molar-refractivity contribution in [1.82, 2.24) is 0 Å². The van der Waals surface area contributed by atoms with Crippen molar-refractivity contribution >= 4 is 5.57 Å². The van der Waals surface area contributed by atoms with E-state index >= 15 is 0 Å². The van der Waals surface area contributed by atoms with Gasteiger partial charge in [-0.3, -0.25) is 0 Å². The minimum atomic E-state index is -0.189. The van der Waals surface area contributed by atoms with E-state index in [4.69, 9.17) is 0 Å². The van der Waals surface area contributed by atoms with Gasteiger partial charge in [-0.25, -0.2) is 4.39 Å². The molecule has 0 bridgehead atoms. The van der Waals surface area contributed by atoms with Gasteiger partial charge < -0.3 is 0 Å². The smallest absolute Gasteiger partial charge is 0.131 e. The van der Waals surface area contributed by atoms with Crippen LogP contribution < -0.4 is 0 Å². The lowest BCUT2D eigenvalue weighted by Gasteiger charge is -2.35. The molecule has 0 saturated heterocycles. The van der Waals surface area contributed by atoms with Crippen LogP contribution in [0.5, 0.6) is 0 Å². The van der Waals surface area contributed by atoms with Gasteiger partial charge in [0.05, 0.1) is 0 Å². The van der Waals surface area contributed by atoms with Crippen molar-refractivity contribution in [2.45, 2.75) is 65.2 Å². The Kier molecular flexibility index (Phi) is 11.1. The van der Waals surface area contributed by atoms with Crippen molar-refractivity contribution in [3.8, 4) is 11.1 Å². The van der Waals surface area contributed by atoms with Gasteiger partial charge >= 0.3 is 0 Å². The molecule has 0 nitrogen and oxygen atoms in total. The Balaban J connectivity index is 1.86. The molecule has 3 rings (SSSR count). The van der Waals surface area contributed by atoms with E-state index in [0.29, 0.717) is 11.5 Å². The molecule has 38 heavy (non-hydrogen) atoms. The first-order chi connectivity index (χ1) is 18.4. The number of allylic oxidation sites excluding steroid dienone is 6. The molecule has 0 aliphatic heterocycles. The van der Waals surface area contributed by atoms with Crippen molar-refractivity contribution in [3.05, 3.63) is 139 Å². The first kappa shape index (κ1) is 29.1. The minimum Gasteiger partial charge on any atom is -0.206 e. The van der Waals surface area contributed by atoms with E-state index < -0.39 is 0 Å². The summed E-state index contributed by atoms with van der Waals surface area (Å²) < 4.78 is 14.8. The van der Waals surface area contributed by atoms with Crippen LogP contribution in [-0.4, -0.2) is 0 Å². The summed E-state index contributed by atoms with van der Waals surface area (Å²) in [7, 11) is 0. The van der Waals surface area contributed by atoms with E-state index in [9.17, 15) is 4.39 Å². The van der Waals surface area contributed by atoms with Gasteiger partial charge in [-0.15, -0.1) is 0 Å².